The lowest BCUT2D eigenvalue weighted by atomic mass is 10.1. The van der Waals surface area contributed by atoms with Crippen molar-refractivity contribution in [1.82, 2.24) is 5.32 Å². The van der Waals surface area contributed by atoms with Gasteiger partial charge in [-0.05, 0) is 30.7 Å². The van der Waals surface area contributed by atoms with Crippen LogP contribution in [-0.2, 0) is 21.3 Å². The Hall–Kier alpha value is -1.74. The van der Waals surface area contributed by atoms with E-state index in [1.54, 1.807) is 6.92 Å². The number of halogens is 1. The summed E-state index contributed by atoms with van der Waals surface area (Å²) < 4.78 is 24.7. The Bertz CT molecular complexity index is 511. The normalized spacial score (nSPS) is 11.6. The second-order valence-electron chi connectivity index (χ2n) is 3.60. The van der Waals surface area contributed by atoms with E-state index in [1.165, 1.54) is 18.2 Å². The van der Waals surface area contributed by atoms with E-state index in [4.69, 9.17) is 5.26 Å². The third-order valence-corrected chi connectivity index (χ3v) is 3.39. The van der Waals surface area contributed by atoms with Gasteiger partial charge < -0.3 is 5.32 Å². The third kappa shape index (κ3) is 4.26. The Kier molecular flexibility index (Phi) is 5.46. The number of carbonyl (C=O) groups excluding carboxylic acids is 1. The molecule has 1 aromatic rings. The summed E-state index contributed by atoms with van der Waals surface area (Å²) >= 11 is 0. The van der Waals surface area contributed by atoms with Gasteiger partial charge in [0, 0.05) is 17.3 Å². The predicted octanol–water partition coefficient (Wildman–Crippen LogP) is 1.08. The standard InChI is InChI=1S/C12H13FN2O2S/c1-2-15-12(16)8-18(17)7-10-5-11(13)4-3-9(10)6-14/h3-5H,2,7-8H2,1H3,(H,15,16). The van der Waals surface area contributed by atoms with Gasteiger partial charge in [0.15, 0.2) is 0 Å². The van der Waals surface area contributed by atoms with Crippen molar-refractivity contribution in [3.8, 4) is 6.07 Å². The van der Waals surface area contributed by atoms with Crippen LogP contribution in [0.25, 0.3) is 0 Å². The Labute approximate surface area is 107 Å². The van der Waals surface area contributed by atoms with Crippen LogP contribution < -0.4 is 5.32 Å². The highest BCUT2D eigenvalue weighted by Crippen LogP contribution is 2.12. The predicted molar refractivity (Wildman–Crippen MR) is 66.5 cm³/mol. The van der Waals surface area contributed by atoms with Gasteiger partial charge in [-0.1, -0.05) is 0 Å². The summed E-state index contributed by atoms with van der Waals surface area (Å²) in [6.45, 7) is 2.24. The second-order valence-corrected chi connectivity index (χ2v) is 5.05. The van der Waals surface area contributed by atoms with Crippen LogP contribution in [-0.4, -0.2) is 22.4 Å². The van der Waals surface area contributed by atoms with E-state index in [0.29, 0.717) is 12.1 Å². The monoisotopic (exact) mass is 268 g/mol. The molecule has 0 aliphatic rings. The fourth-order valence-corrected chi connectivity index (χ4v) is 2.49. The summed E-state index contributed by atoms with van der Waals surface area (Å²) in [5, 5.41) is 11.4. The molecule has 96 valence electrons. The average Bonchev–Trinajstić information content (AvgIpc) is 2.29. The van der Waals surface area contributed by atoms with Gasteiger partial charge in [-0.3, -0.25) is 9.00 Å². The fourth-order valence-electron chi connectivity index (χ4n) is 1.41. The van der Waals surface area contributed by atoms with Crippen molar-refractivity contribution in [2.45, 2.75) is 12.7 Å². The third-order valence-electron chi connectivity index (χ3n) is 2.17. The van der Waals surface area contributed by atoms with E-state index < -0.39 is 16.6 Å². The van der Waals surface area contributed by atoms with Crippen molar-refractivity contribution in [2.75, 3.05) is 12.3 Å². The van der Waals surface area contributed by atoms with Gasteiger partial charge in [-0.15, -0.1) is 0 Å². The number of nitriles is 1. The number of rotatable bonds is 5. The van der Waals surface area contributed by atoms with E-state index >= 15 is 0 Å². The molecule has 0 spiro atoms. The quantitative estimate of drug-likeness (QED) is 0.868. The zero-order valence-electron chi connectivity index (χ0n) is 9.90. The second kappa shape index (κ2) is 6.87. The summed E-state index contributed by atoms with van der Waals surface area (Å²) in [6.07, 6.45) is 0. The Morgan fingerprint density at radius 3 is 2.89 bits per heavy atom. The fraction of sp³-hybridized carbons (Fsp3) is 0.333. The zero-order chi connectivity index (χ0) is 13.5. The maximum Gasteiger partial charge on any atom is 0.232 e. The molecule has 0 fully saturated rings. The van der Waals surface area contributed by atoms with Crippen LogP contribution in [0, 0.1) is 17.1 Å². The van der Waals surface area contributed by atoms with Crippen molar-refractivity contribution in [1.29, 1.82) is 5.26 Å². The van der Waals surface area contributed by atoms with Crippen LogP contribution >= 0.6 is 0 Å². The lowest BCUT2D eigenvalue weighted by Gasteiger charge is -2.05. The van der Waals surface area contributed by atoms with Gasteiger partial charge in [-0.2, -0.15) is 5.26 Å². The minimum Gasteiger partial charge on any atom is -0.356 e. The molecule has 1 aromatic carbocycles. The minimum absolute atomic E-state index is 0.00219. The minimum atomic E-state index is -1.45. The number of hydrogen-bond donors (Lipinski definition) is 1. The molecule has 4 nitrogen and oxygen atoms in total. The molecular formula is C12H13FN2O2S. The first kappa shape index (κ1) is 14.3. The molecule has 1 atom stereocenters. The summed E-state index contributed by atoms with van der Waals surface area (Å²) in [5.41, 5.74) is 0.640. The highest BCUT2D eigenvalue weighted by molar-refractivity contribution is 7.84. The van der Waals surface area contributed by atoms with Crippen molar-refractivity contribution in [3.63, 3.8) is 0 Å². The molecule has 0 aliphatic carbocycles. The van der Waals surface area contributed by atoms with E-state index in [0.717, 1.165) is 0 Å². The van der Waals surface area contributed by atoms with Crippen molar-refractivity contribution < 1.29 is 13.4 Å². The molecule has 0 heterocycles. The number of nitrogens with one attached hydrogen (secondary N) is 1. The molecular weight excluding hydrogens is 255 g/mol. The number of benzene rings is 1. The average molecular weight is 268 g/mol. The Morgan fingerprint density at radius 1 is 1.56 bits per heavy atom. The number of amides is 1. The van der Waals surface area contributed by atoms with Gasteiger partial charge >= 0.3 is 0 Å². The lowest BCUT2D eigenvalue weighted by molar-refractivity contribution is -0.118. The van der Waals surface area contributed by atoms with E-state index in [-0.39, 0.29) is 23.0 Å². The Balaban J connectivity index is 2.73. The molecule has 0 radical (unpaired) electrons. The van der Waals surface area contributed by atoms with Crippen LogP contribution in [0.3, 0.4) is 0 Å². The van der Waals surface area contributed by atoms with Crippen LogP contribution in [0.2, 0.25) is 0 Å². The van der Waals surface area contributed by atoms with Crippen molar-refractivity contribution >= 4 is 16.7 Å². The molecule has 1 N–H and O–H groups in total. The summed E-state index contributed by atoms with van der Waals surface area (Å²) in [6, 6.07) is 5.60. The topological polar surface area (TPSA) is 70.0 Å². The highest BCUT2D eigenvalue weighted by Gasteiger charge is 2.11. The molecule has 1 rings (SSSR count). The van der Waals surface area contributed by atoms with E-state index in [9.17, 15) is 13.4 Å². The molecule has 1 amide bonds. The summed E-state index contributed by atoms with van der Waals surface area (Å²) in [7, 11) is -1.45. The molecule has 0 saturated carbocycles. The van der Waals surface area contributed by atoms with Crippen LogP contribution in [0.15, 0.2) is 18.2 Å². The first-order valence-electron chi connectivity index (χ1n) is 5.37. The first-order chi connectivity index (χ1) is 8.56. The molecule has 18 heavy (non-hydrogen) atoms. The Morgan fingerprint density at radius 2 is 2.28 bits per heavy atom. The van der Waals surface area contributed by atoms with Gasteiger partial charge in [0.1, 0.15) is 11.6 Å². The van der Waals surface area contributed by atoms with E-state index in [2.05, 4.69) is 5.32 Å². The van der Waals surface area contributed by atoms with Gasteiger partial charge in [0.25, 0.3) is 0 Å². The largest absolute Gasteiger partial charge is 0.356 e. The molecule has 1 unspecified atom stereocenters. The number of carbonyl (C=O) groups is 1. The smallest absolute Gasteiger partial charge is 0.232 e. The van der Waals surface area contributed by atoms with Crippen LogP contribution in [0.4, 0.5) is 4.39 Å². The SMILES string of the molecule is CCNC(=O)CS(=O)Cc1cc(F)ccc1C#N. The van der Waals surface area contributed by atoms with Gasteiger partial charge in [0.2, 0.25) is 5.91 Å². The van der Waals surface area contributed by atoms with Gasteiger partial charge in [0.05, 0.1) is 17.4 Å². The summed E-state index contributed by atoms with van der Waals surface area (Å²) in [5.74, 6) is -0.947. The number of hydrogen-bond acceptors (Lipinski definition) is 3. The van der Waals surface area contributed by atoms with Gasteiger partial charge in [-0.25, -0.2) is 4.39 Å². The van der Waals surface area contributed by atoms with Crippen LogP contribution in [0.5, 0.6) is 0 Å². The lowest BCUT2D eigenvalue weighted by Crippen LogP contribution is -2.28. The molecule has 0 aromatic heterocycles. The summed E-state index contributed by atoms with van der Waals surface area (Å²) in [4.78, 5) is 11.2. The number of nitrogens with zero attached hydrogens (tertiary/aromatic N) is 1. The van der Waals surface area contributed by atoms with Crippen molar-refractivity contribution in [3.05, 3.63) is 35.1 Å². The molecule has 0 saturated heterocycles. The molecule has 0 bridgehead atoms. The first-order valence-corrected chi connectivity index (χ1v) is 6.85. The van der Waals surface area contributed by atoms with Crippen molar-refractivity contribution in [2.24, 2.45) is 0 Å². The zero-order valence-corrected chi connectivity index (χ0v) is 10.7. The molecule has 6 heteroatoms. The van der Waals surface area contributed by atoms with Crippen LogP contribution in [0.1, 0.15) is 18.1 Å². The van der Waals surface area contributed by atoms with E-state index in [1.807, 2.05) is 6.07 Å². The molecule has 0 aliphatic heterocycles. The highest BCUT2D eigenvalue weighted by atomic mass is 32.2. The maximum atomic E-state index is 13.0. The maximum absolute atomic E-state index is 13.0.